The number of hydrogen-bond acceptors (Lipinski definition) is 5. The van der Waals surface area contributed by atoms with Gasteiger partial charge in [0, 0.05) is 13.2 Å². The number of nitrogens with zero attached hydrogens (tertiary/aromatic N) is 5. The third-order valence-corrected chi connectivity index (χ3v) is 2.53. The van der Waals surface area contributed by atoms with Crippen molar-refractivity contribution in [1.82, 2.24) is 25.0 Å². The summed E-state index contributed by atoms with van der Waals surface area (Å²) in [5.74, 6) is 0.850. The Labute approximate surface area is 103 Å². The van der Waals surface area contributed by atoms with E-state index in [0.29, 0.717) is 17.5 Å². The number of pyridine rings is 1. The predicted octanol–water partition coefficient (Wildman–Crippen LogP) is 1.84. The van der Waals surface area contributed by atoms with Gasteiger partial charge in [0.25, 0.3) is 11.8 Å². The van der Waals surface area contributed by atoms with Gasteiger partial charge in [-0.1, -0.05) is 6.07 Å². The van der Waals surface area contributed by atoms with Crippen LogP contribution in [-0.2, 0) is 7.05 Å². The summed E-state index contributed by atoms with van der Waals surface area (Å²) in [5, 5.41) is 12.3. The molecule has 0 aliphatic carbocycles. The van der Waals surface area contributed by atoms with Crippen molar-refractivity contribution in [2.75, 3.05) is 0 Å². The first-order valence-electron chi connectivity index (χ1n) is 5.50. The Hall–Kier alpha value is -2.50. The van der Waals surface area contributed by atoms with Crippen molar-refractivity contribution in [3.05, 3.63) is 36.2 Å². The van der Waals surface area contributed by atoms with Gasteiger partial charge < -0.3 is 4.42 Å². The molecule has 0 saturated carbocycles. The van der Waals surface area contributed by atoms with Crippen LogP contribution in [-0.4, -0.2) is 25.0 Å². The van der Waals surface area contributed by atoms with Crippen molar-refractivity contribution < 1.29 is 4.42 Å². The van der Waals surface area contributed by atoms with E-state index in [0.717, 1.165) is 11.4 Å². The van der Waals surface area contributed by atoms with E-state index in [2.05, 4.69) is 20.3 Å². The Kier molecular flexibility index (Phi) is 2.40. The lowest BCUT2D eigenvalue weighted by atomic mass is 10.3. The zero-order valence-electron chi connectivity index (χ0n) is 10.0. The van der Waals surface area contributed by atoms with Crippen LogP contribution in [0.2, 0.25) is 0 Å². The second kappa shape index (κ2) is 4.06. The van der Waals surface area contributed by atoms with Gasteiger partial charge in [-0.05, 0) is 25.1 Å². The van der Waals surface area contributed by atoms with Crippen LogP contribution in [0, 0.1) is 6.92 Å². The SMILES string of the molecule is Cc1cc(-c2nnc(-c3ccccn3)o2)n(C)n1. The van der Waals surface area contributed by atoms with Crippen molar-refractivity contribution in [2.24, 2.45) is 7.05 Å². The molecule has 3 heterocycles. The molecule has 0 spiro atoms. The van der Waals surface area contributed by atoms with Gasteiger partial charge in [-0.3, -0.25) is 9.67 Å². The van der Waals surface area contributed by atoms with Gasteiger partial charge in [0.1, 0.15) is 11.4 Å². The average Bonchev–Trinajstić information content (AvgIpc) is 2.97. The van der Waals surface area contributed by atoms with Crippen LogP contribution in [0.1, 0.15) is 5.69 Å². The van der Waals surface area contributed by atoms with E-state index in [1.54, 1.807) is 10.9 Å². The number of rotatable bonds is 2. The van der Waals surface area contributed by atoms with Crippen molar-refractivity contribution in [1.29, 1.82) is 0 Å². The second-order valence-corrected chi connectivity index (χ2v) is 3.92. The molecule has 0 unspecified atom stereocenters. The van der Waals surface area contributed by atoms with E-state index in [9.17, 15) is 0 Å². The van der Waals surface area contributed by atoms with Crippen LogP contribution >= 0.6 is 0 Å². The lowest BCUT2D eigenvalue weighted by molar-refractivity contribution is 0.572. The normalized spacial score (nSPS) is 10.8. The van der Waals surface area contributed by atoms with Crippen LogP contribution in [0.3, 0.4) is 0 Å². The van der Waals surface area contributed by atoms with Crippen molar-refractivity contribution in [3.8, 4) is 23.2 Å². The van der Waals surface area contributed by atoms with Crippen LogP contribution in [0.5, 0.6) is 0 Å². The van der Waals surface area contributed by atoms with E-state index >= 15 is 0 Å². The van der Waals surface area contributed by atoms with Crippen molar-refractivity contribution >= 4 is 0 Å². The summed E-state index contributed by atoms with van der Waals surface area (Å²) in [7, 11) is 1.84. The largest absolute Gasteiger partial charge is 0.413 e. The highest BCUT2D eigenvalue weighted by Crippen LogP contribution is 2.22. The standard InChI is InChI=1S/C12H11N5O/c1-8-7-10(17(2)16-8)12-15-14-11(18-12)9-5-3-4-6-13-9/h3-7H,1-2H3. The van der Waals surface area contributed by atoms with E-state index in [1.165, 1.54) is 0 Å². The molecule has 18 heavy (non-hydrogen) atoms. The minimum atomic E-state index is 0.407. The van der Waals surface area contributed by atoms with Gasteiger partial charge >= 0.3 is 0 Å². The molecule has 0 saturated heterocycles. The third kappa shape index (κ3) is 1.77. The monoisotopic (exact) mass is 241 g/mol. The molecule has 0 amide bonds. The Morgan fingerprint density at radius 2 is 2.00 bits per heavy atom. The highest BCUT2D eigenvalue weighted by Gasteiger charge is 2.14. The summed E-state index contributed by atoms with van der Waals surface area (Å²) >= 11 is 0. The summed E-state index contributed by atoms with van der Waals surface area (Å²) in [5.41, 5.74) is 2.36. The molecule has 3 aromatic heterocycles. The molecule has 0 bridgehead atoms. The fraction of sp³-hybridized carbons (Fsp3) is 0.167. The fourth-order valence-electron chi connectivity index (χ4n) is 1.73. The molecule has 0 N–H and O–H groups in total. The zero-order valence-corrected chi connectivity index (χ0v) is 10.0. The summed E-state index contributed by atoms with van der Waals surface area (Å²) in [4.78, 5) is 4.16. The topological polar surface area (TPSA) is 69.6 Å². The maximum absolute atomic E-state index is 5.60. The van der Waals surface area contributed by atoms with Crippen molar-refractivity contribution in [3.63, 3.8) is 0 Å². The van der Waals surface area contributed by atoms with E-state index in [-0.39, 0.29) is 0 Å². The molecule has 3 rings (SSSR count). The first-order valence-corrected chi connectivity index (χ1v) is 5.50. The maximum atomic E-state index is 5.60. The Morgan fingerprint density at radius 3 is 2.67 bits per heavy atom. The van der Waals surface area contributed by atoms with Crippen LogP contribution in [0.15, 0.2) is 34.9 Å². The van der Waals surface area contributed by atoms with Gasteiger partial charge in [0.15, 0.2) is 0 Å². The lowest BCUT2D eigenvalue weighted by Gasteiger charge is -1.94. The molecular weight excluding hydrogens is 230 g/mol. The van der Waals surface area contributed by atoms with Gasteiger partial charge in [-0.15, -0.1) is 10.2 Å². The Morgan fingerprint density at radius 1 is 1.17 bits per heavy atom. The molecule has 0 aliphatic heterocycles. The fourth-order valence-corrected chi connectivity index (χ4v) is 1.73. The molecule has 6 heteroatoms. The van der Waals surface area contributed by atoms with Gasteiger partial charge in [0.05, 0.1) is 5.69 Å². The predicted molar refractivity (Wildman–Crippen MR) is 64.5 cm³/mol. The summed E-state index contributed by atoms with van der Waals surface area (Å²) in [6, 6.07) is 7.44. The van der Waals surface area contributed by atoms with E-state index < -0.39 is 0 Å². The van der Waals surface area contributed by atoms with Crippen LogP contribution < -0.4 is 0 Å². The molecule has 0 atom stereocenters. The molecule has 6 nitrogen and oxygen atoms in total. The molecule has 0 aliphatic rings. The first-order chi connectivity index (χ1) is 8.74. The molecular formula is C12H11N5O. The summed E-state index contributed by atoms with van der Waals surface area (Å²) in [6.07, 6.45) is 1.69. The van der Waals surface area contributed by atoms with Gasteiger partial charge in [-0.2, -0.15) is 5.10 Å². The molecule has 0 fully saturated rings. The second-order valence-electron chi connectivity index (χ2n) is 3.92. The minimum Gasteiger partial charge on any atom is -0.413 e. The number of hydrogen-bond donors (Lipinski definition) is 0. The van der Waals surface area contributed by atoms with Gasteiger partial charge in [-0.25, -0.2) is 0 Å². The first kappa shape index (κ1) is 10.6. The average molecular weight is 241 g/mol. The summed E-state index contributed by atoms with van der Waals surface area (Å²) in [6.45, 7) is 1.92. The molecule has 0 aromatic carbocycles. The van der Waals surface area contributed by atoms with Crippen LogP contribution in [0.25, 0.3) is 23.2 Å². The Bertz CT molecular complexity index is 671. The third-order valence-electron chi connectivity index (χ3n) is 2.53. The lowest BCUT2D eigenvalue weighted by Crippen LogP contribution is -1.93. The smallest absolute Gasteiger partial charge is 0.266 e. The quantitative estimate of drug-likeness (QED) is 0.684. The number of aromatic nitrogens is 5. The highest BCUT2D eigenvalue weighted by molar-refractivity contribution is 5.52. The summed E-state index contributed by atoms with van der Waals surface area (Å²) < 4.78 is 7.32. The molecule has 3 aromatic rings. The minimum absolute atomic E-state index is 0.407. The van der Waals surface area contributed by atoms with Gasteiger partial charge in [0.2, 0.25) is 0 Å². The molecule has 0 radical (unpaired) electrons. The Balaban J connectivity index is 2.02. The van der Waals surface area contributed by atoms with Crippen molar-refractivity contribution in [2.45, 2.75) is 6.92 Å². The molecule has 90 valence electrons. The van der Waals surface area contributed by atoms with E-state index in [4.69, 9.17) is 4.42 Å². The number of aryl methyl sites for hydroxylation is 2. The highest BCUT2D eigenvalue weighted by atomic mass is 16.4. The zero-order chi connectivity index (χ0) is 12.5. The van der Waals surface area contributed by atoms with Crippen LogP contribution in [0.4, 0.5) is 0 Å². The maximum Gasteiger partial charge on any atom is 0.266 e. The van der Waals surface area contributed by atoms with E-state index in [1.807, 2.05) is 38.2 Å².